The van der Waals surface area contributed by atoms with E-state index in [1.54, 1.807) is 39.1 Å². The van der Waals surface area contributed by atoms with Gasteiger partial charge in [-0.05, 0) is 26.8 Å². The molecule has 0 aliphatic carbocycles. The van der Waals surface area contributed by atoms with Crippen LogP contribution < -0.4 is 10.6 Å². The average Bonchev–Trinajstić information content (AvgIpc) is 2.51. The fourth-order valence-electron chi connectivity index (χ4n) is 1.77. The van der Waals surface area contributed by atoms with Gasteiger partial charge in [0.2, 0.25) is 5.91 Å². The summed E-state index contributed by atoms with van der Waals surface area (Å²) in [5, 5.41) is 5.04. The van der Waals surface area contributed by atoms with Gasteiger partial charge in [-0.15, -0.1) is 0 Å². The van der Waals surface area contributed by atoms with Gasteiger partial charge < -0.3 is 20.1 Å². The molecule has 24 heavy (non-hydrogen) atoms. The van der Waals surface area contributed by atoms with E-state index in [0.717, 1.165) is 0 Å². The predicted molar refractivity (Wildman–Crippen MR) is 86.0 cm³/mol. The van der Waals surface area contributed by atoms with Crippen LogP contribution in [0.4, 0.5) is 4.79 Å². The fraction of sp³-hybridized carbons (Fsp3) is 0.500. The van der Waals surface area contributed by atoms with E-state index in [9.17, 15) is 14.4 Å². The van der Waals surface area contributed by atoms with Crippen molar-refractivity contribution in [2.45, 2.75) is 38.8 Å². The zero-order valence-corrected chi connectivity index (χ0v) is 14.3. The van der Waals surface area contributed by atoms with Gasteiger partial charge in [-0.3, -0.25) is 9.78 Å². The minimum absolute atomic E-state index is 0.00695. The highest BCUT2D eigenvalue weighted by molar-refractivity contribution is 5.85. The molecule has 1 heterocycles. The number of pyridine rings is 1. The first-order valence-corrected chi connectivity index (χ1v) is 7.47. The normalized spacial score (nSPS) is 12.0. The van der Waals surface area contributed by atoms with E-state index >= 15 is 0 Å². The number of rotatable bonds is 6. The largest absolute Gasteiger partial charge is 0.467 e. The van der Waals surface area contributed by atoms with Gasteiger partial charge in [0.05, 0.1) is 7.11 Å². The van der Waals surface area contributed by atoms with Crippen LogP contribution in [-0.4, -0.2) is 42.2 Å². The molecule has 0 saturated carbocycles. The summed E-state index contributed by atoms with van der Waals surface area (Å²) in [4.78, 5) is 39.2. The Morgan fingerprint density at radius 2 is 2.00 bits per heavy atom. The summed E-state index contributed by atoms with van der Waals surface area (Å²) in [5.74, 6) is -1.01. The highest BCUT2D eigenvalue weighted by Gasteiger charge is 2.23. The van der Waals surface area contributed by atoms with Gasteiger partial charge in [0, 0.05) is 30.9 Å². The van der Waals surface area contributed by atoms with Crippen molar-refractivity contribution < 1.29 is 23.9 Å². The standard InChI is InChI=1S/C16H23N3O5/c1-16(2,3)24-15(22)18-9-7-12(20)19-13(14(21)23-4)11-6-5-8-17-10-11/h5-6,8,10,13H,7,9H2,1-4H3,(H,18,22)(H,19,20). The molecule has 0 aliphatic heterocycles. The summed E-state index contributed by atoms with van der Waals surface area (Å²) in [6.45, 7) is 5.32. The first kappa shape index (κ1) is 19.4. The Labute approximate surface area is 140 Å². The highest BCUT2D eigenvalue weighted by Crippen LogP contribution is 2.13. The molecule has 0 aliphatic rings. The second-order valence-corrected chi connectivity index (χ2v) is 5.99. The monoisotopic (exact) mass is 337 g/mol. The maximum absolute atomic E-state index is 12.0. The minimum atomic E-state index is -0.947. The van der Waals surface area contributed by atoms with Gasteiger partial charge in [0.1, 0.15) is 5.60 Å². The minimum Gasteiger partial charge on any atom is -0.467 e. The van der Waals surface area contributed by atoms with E-state index in [2.05, 4.69) is 15.6 Å². The van der Waals surface area contributed by atoms with Crippen LogP contribution in [0, 0.1) is 0 Å². The van der Waals surface area contributed by atoms with Gasteiger partial charge in [0.15, 0.2) is 6.04 Å². The maximum atomic E-state index is 12.0. The van der Waals surface area contributed by atoms with E-state index in [1.165, 1.54) is 13.3 Å². The third-order valence-corrected chi connectivity index (χ3v) is 2.78. The Morgan fingerprint density at radius 1 is 1.29 bits per heavy atom. The molecule has 1 unspecified atom stereocenters. The lowest BCUT2D eigenvalue weighted by Crippen LogP contribution is -2.38. The van der Waals surface area contributed by atoms with E-state index < -0.39 is 29.6 Å². The van der Waals surface area contributed by atoms with Crippen molar-refractivity contribution >= 4 is 18.0 Å². The van der Waals surface area contributed by atoms with Crippen molar-refractivity contribution in [1.29, 1.82) is 0 Å². The van der Waals surface area contributed by atoms with Crippen LogP contribution in [0.5, 0.6) is 0 Å². The molecular weight excluding hydrogens is 314 g/mol. The molecular formula is C16H23N3O5. The zero-order valence-electron chi connectivity index (χ0n) is 14.3. The van der Waals surface area contributed by atoms with Gasteiger partial charge in [-0.2, -0.15) is 0 Å². The Bertz CT molecular complexity index is 569. The van der Waals surface area contributed by atoms with Crippen molar-refractivity contribution in [2.24, 2.45) is 0 Å². The summed E-state index contributed by atoms with van der Waals surface area (Å²) >= 11 is 0. The number of esters is 1. The third kappa shape index (κ3) is 7.08. The molecule has 0 radical (unpaired) electrons. The van der Waals surface area contributed by atoms with E-state index in [0.29, 0.717) is 5.56 Å². The molecule has 0 bridgehead atoms. The van der Waals surface area contributed by atoms with Crippen LogP contribution in [-0.2, 0) is 19.1 Å². The van der Waals surface area contributed by atoms with Crippen LogP contribution >= 0.6 is 0 Å². The zero-order chi connectivity index (χ0) is 18.2. The van der Waals surface area contributed by atoms with Crippen molar-refractivity contribution in [2.75, 3.05) is 13.7 Å². The molecule has 2 amide bonds. The van der Waals surface area contributed by atoms with Gasteiger partial charge in [-0.1, -0.05) is 6.07 Å². The molecule has 132 valence electrons. The number of alkyl carbamates (subject to hydrolysis) is 1. The number of carbonyl (C=O) groups is 3. The average molecular weight is 337 g/mol. The number of ether oxygens (including phenoxy) is 2. The first-order valence-electron chi connectivity index (χ1n) is 7.47. The molecule has 8 nitrogen and oxygen atoms in total. The lowest BCUT2D eigenvalue weighted by atomic mass is 10.1. The quantitative estimate of drug-likeness (QED) is 0.758. The molecule has 0 saturated heterocycles. The maximum Gasteiger partial charge on any atom is 0.407 e. The molecule has 1 rings (SSSR count). The van der Waals surface area contributed by atoms with Crippen LogP contribution in [0.3, 0.4) is 0 Å². The summed E-state index contributed by atoms with van der Waals surface area (Å²) < 4.78 is 9.76. The second-order valence-electron chi connectivity index (χ2n) is 5.99. The molecule has 0 spiro atoms. The Morgan fingerprint density at radius 3 is 2.54 bits per heavy atom. The number of aromatic nitrogens is 1. The Kier molecular flexibility index (Phi) is 7.16. The molecule has 2 N–H and O–H groups in total. The topological polar surface area (TPSA) is 107 Å². The first-order chi connectivity index (χ1) is 11.2. The molecule has 1 aromatic rings. The van der Waals surface area contributed by atoms with E-state index in [-0.39, 0.29) is 13.0 Å². The highest BCUT2D eigenvalue weighted by atomic mass is 16.6. The third-order valence-electron chi connectivity index (χ3n) is 2.78. The molecule has 0 aromatic carbocycles. The number of hydrogen-bond acceptors (Lipinski definition) is 6. The van der Waals surface area contributed by atoms with Crippen LogP contribution in [0.1, 0.15) is 38.8 Å². The van der Waals surface area contributed by atoms with Crippen molar-refractivity contribution in [1.82, 2.24) is 15.6 Å². The lowest BCUT2D eigenvalue weighted by Gasteiger charge is -2.20. The van der Waals surface area contributed by atoms with Gasteiger partial charge in [0.25, 0.3) is 0 Å². The molecule has 8 heteroatoms. The smallest absolute Gasteiger partial charge is 0.407 e. The SMILES string of the molecule is COC(=O)C(NC(=O)CCNC(=O)OC(C)(C)C)c1cccnc1. The van der Waals surface area contributed by atoms with Crippen LogP contribution in [0.2, 0.25) is 0 Å². The molecule has 0 fully saturated rings. The Hall–Kier alpha value is -2.64. The number of amides is 2. The fourth-order valence-corrected chi connectivity index (χ4v) is 1.77. The van der Waals surface area contributed by atoms with Crippen LogP contribution in [0.25, 0.3) is 0 Å². The number of nitrogens with zero attached hydrogens (tertiary/aromatic N) is 1. The van der Waals surface area contributed by atoms with Crippen molar-refractivity contribution in [3.05, 3.63) is 30.1 Å². The summed E-state index contributed by atoms with van der Waals surface area (Å²) in [7, 11) is 1.24. The van der Waals surface area contributed by atoms with E-state index in [4.69, 9.17) is 9.47 Å². The molecule has 1 aromatic heterocycles. The number of nitrogens with one attached hydrogen (secondary N) is 2. The van der Waals surface area contributed by atoms with Crippen molar-refractivity contribution in [3.8, 4) is 0 Å². The molecule has 1 atom stereocenters. The van der Waals surface area contributed by atoms with Crippen LogP contribution in [0.15, 0.2) is 24.5 Å². The number of methoxy groups -OCH3 is 1. The number of carbonyl (C=O) groups excluding carboxylic acids is 3. The predicted octanol–water partition coefficient (Wildman–Crippen LogP) is 1.33. The van der Waals surface area contributed by atoms with Gasteiger partial charge >= 0.3 is 12.1 Å². The van der Waals surface area contributed by atoms with E-state index in [1.807, 2.05) is 0 Å². The summed E-state index contributed by atoms with van der Waals surface area (Å²) in [6, 6.07) is 2.37. The second kappa shape index (κ2) is 8.85. The Balaban J connectivity index is 2.52. The number of hydrogen-bond donors (Lipinski definition) is 2. The summed E-state index contributed by atoms with van der Waals surface area (Å²) in [5.41, 5.74) is -0.0966. The lowest BCUT2D eigenvalue weighted by molar-refractivity contribution is -0.145. The summed E-state index contributed by atoms with van der Waals surface area (Å²) in [6.07, 6.45) is 2.42. The van der Waals surface area contributed by atoms with Crippen molar-refractivity contribution in [3.63, 3.8) is 0 Å². The van der Waals surface area contributed by atoms with Gasteiger partial charge in [-0.25, -0.2) is 9.59 Å².